The topological polar surface area (TPSA) is 83.4 Å². The van der Waals surface area contributed by atoms with Gasteiger partial charge in [0, 0.05) is 12.6 Å². The van der Waals surface area contributed by atoms with Gasteiger partial charge in [-0.05, 0) is 24.4 Å². The molecule has 1 heterocycles. The minimum atomic E-state index is -3.71. The van der Waals surface area contributed by atoms with E-state index >= 15 is 0 Å². The van der Waals surface area contributed by atoms with Crippen LogP contribution in [-0.4, -0.2) is 47.0 Å². The molecule has 1 aromatic heterocycles. The second-order valence-electron chi connectivity index (χ2n) is 4.00. The van der Waals surface area contributed by atoms with Crippen LogP contribution in [0.25, 0.3) is 0 Å². The van der Waals surface area contributed by atoms with E-state index in [-0.39, 0.29) is 29.4 Å². The van der Waals surface area contributed by atoms with Crippen LogP contribution in [0.4, 0.5) is 0 Å². The summed E-state index contributed by atoms with van der Waals surface area (Å²) < 4.78 is 26.3. The standard InChI is InChI=1S/C11H18ClN3O3S/c1-3-9(4-2)15(5-6-16)19(17,18)10-7-13-11(12)14-8-10/h7-9,16H,3-6H2,1-2H3. The Hall–Kier alpha value is -0.760. The van der Waals surface area contributed by atoms with Crippen molar-refractivity contribution in [2.45, 2.75) is 37.6 Å². The number of sulfonamides is 1. The van der Waals surface area contributed by atoms with Gasteiger partial charge < -0.3 is 5.11 Å². The molecule has 1 N–H and O–H groups in total. The summed E-state index contributed by atoms with van der Waals surface area (Å²) >= 11 is 5.55. The Kier molecular flexibility index (Phi) is 6.12. The van der Waals surface area contributed by atoms with Gasteiger partial charge in [-0.1, -0.05) is 13.8 Å². The third kappa shape index (κ3) is 3.85. The number of aliphatic hydroxyl groups is 1. The van der Waals surface area contributed by atoms with Crippen LogP contribution < -0.4 is 0 Å². The van der Waals surface area contributed by atoms with Crippen LogP contribution in [0.3, 0.4) is 0 Å². The first-order valence-electron chi connectivity index (χ1n) is 6.07. The first kappa shape index (κ1) is 16.3. The van der Waals surface area contributed by atoms with Gasteiger partial charge in [0.25, 0.3) is 0 Å². The molecule has 6 nitrogen and oxygen atoms in total. The predicted molar refractivity (Wildman–Crippen MR) is 72.4 cm³/mol. The number of aliphatic hydroxyl groups excluding tert-OH is 1. The highest BCUT2D eigenvalue weighted by atomic mass is 35.5. The minimum absolute atomic E-state index is 0.00445. The molecule has 0 aliphatic heterocycles. The van der Waals surface area contributed by atoms with E-state index in [1.807, 2.05) is 13.8 Å². The van der Waals surface area contributed by atoms with Gasteiger partial charge in [0.15, 0.2) is 0 Å². The first-order valence-corrected chi connectivity index (χ1v) is 7.89. The molecule has 0 bridgehead atoms. The Morgan fingerprint density at radius 2 is 1.84 bits per heavy atom. The van der Waals surface area contributed by atoms with Crippen molar-refractivity contribution in [3.63, 3.8) is 0 Å². The molecule has 0 unspecified atom stereocenters. The first-order chi connectivity index (χ1) is 8.97. The molecule has 0 saturated heterocycles. The molecule has 8 heteroatoms. The van der Waals surface area contributed by atoms with Gasteiger partial charge in [-0.25, -0.2) is 18.4 Å². The quantitative estimate of drug-likeness (QED) is 0.768. The van der Waals surface area contributed by atoms with Crippen LogP contribution in [0, 0.1) is 0 Å². The Morgan fingerprint density at radius 3 is 2.26 bits per heavy atom. The van der Waals surface area contributed by atoms with Gasteiger partial charge in [-0.15, -0.1) is 0 Å². The second-order valence-corrected chi connectivity index (χ2v) is 6.23. The lowest BCUT2D eigenvalue weighted by Gasteiger charge is -2.28. The predicted octanol–water partition coefficient (Wildman–Crippen LogP) is 1.30. The zero-order chi connectivity index (χ0) is 14.5. The molecule has 0 aliphatic rings. The number of aromatic nitrogens is 2. The molecule has 0 amide bonds. The van der Waals surface area contributed by atoms with Crippen molar-refractivity contribution < 1.29 is 13.5 Å². The minimum Gasteiger partial charge on any atom is -0.395 e. The van der Waals surface area contributed by atoms with E-state index in [0.717, 1.165) is 0 Å². The van der Waals surface area contributed by atoms with E-state index in [2.05, 4.69) is 9.97 Å². The fraction of sp³-hybridized carbons (Fsp3) is 0.636. The molecule has 0 spiro atoms. The summed E-state index contributed by atoms with van der Waals surface area (Å²) in [7, 11) is -3.71. The number of rotatable bonds is 7. The summed E-state index contributed by atoms with van der Waals surface area (Å²) in [5.74, 6) is 0. The van der Waals surface area contributed by atoms with Crippen LogP contribution in [0.1, 0.15) is 26.7 Å². The van der Waals surface area contributed by atoms with Gasteiger partial charge in [-0.2, -0.15) is 4.31 Å². The summed E-state index contributed by atoms with van der Waals surface area (Å²) in [6.07, 6.45) is 3.70. The lowest BCUT2D eigenvalue weighted by atomic mass is 10.2. The normalized spacial score (nSPS) is 12.3. The SMILES string of the molecule is CCC(CC)N(CCO)S(=O)(=O)c1cnc(Cl)nc1. The molecule has 0 aliphatic carbocycles. The van der Waals surface area contributed by atoms with Crippen molar-refractivity contribution in [1.82, 2.24) is 14.3 Å². The van der Waals surface area contributed by atoms with Gasteiger partial charge in [0.1, 0.15) is 4.90 Å². The largest absolute Gasteiger partial charge is 0.395 e. The number of hydrogen-bond donors (Lipinski definition) is 1. The molecule has 0 saturated carbocycles. The van der Waals surface area contributed by atoms with Crippen molar-refractivity contribution in [2.24, 2.45) is 0 Å². The maximum Gasteiger partial charge on any atom is 0.246 e. The van der Waals surface area contributed by atoms with Gasteiger partial charge in [0.2, 0.25) is 15.3 Å². The molecule has 108 valence electrons. The van der Waals surface area contributed by atoms with Gasteiger partial charge in [-0.3, -0.25) is 0 Å². The molecular weight excluding hydrogens is 290 g/mol. The van der Waals surface area contributed by atoms with Crippen LogP contribution in [0.15, 0.2) is 17.3 Å². The zero-order valence-corrected chi connectivity index (χ0v) is 12.5. The average molecular weight is 308 g/mol. The van der Waals surface area contributed by atoms with Crippen LogP contribution in [0.2, 0.25) is 5.28 Å². The molecule has 19 heavy (non-hydrogen) atoms. The Bertz CT molecular complexity index is 488. The highest BCUT2D eigenvalue weighted by molar-refractivity contribution is 7.89. The Balaban J connectivity index is 3.15. The molecule has 1 aromatic rings. The molecular formula is C11H18ClN3O3S. The molecule has 0 aromatic carbocycles. The fourth-order valence-corrected chi connectivity index (χ4v) is 3.62. The van der Waals surface area contributed by atoms with E-state index in [9.17, 15) is 8.42 Å². The number of halogens is 1. The van der Waals surface area contributed by atoms with Crippen molar-refractivity contribution in [1.29, 1.82) is 0 Å². The second kappa shape index (κ2) is 7.14. The van der Waals surface area contributed by atoms with Crippen LogP contribution >= 0.6 is 11.6 Å². The van der Waals surface area contributed by atoms with E-state index in [0.29, 0.717) is 12.8 Å². The zero-order valence-electron chi connectivity index (χ0n) is 11.0. The van der Waals surface area contributed by atoms with Crippen LogP contribution in [0.5, 0.6) is 0 Å². The lowest BCUT2D eigenvalue weighted by Crippen LogP contribution is -2.41. The smallest absolute Gasteiger partial charge is 0.246 e. The van der Waals surface area contributed by atoms with Crippen molar-refractivity contribution in [3.8, 4) is 0 Å². The molecule has 1 rings (SSSR count). The molecule has 0 fully saturated rings. The van der Waals surface area contributed by atoms with E-state index in [4.69, 9.17) is 16.7 Å². The average Bonchev–Trinajstić information content (AvgIpc) is 2.39. The molecule has 0 radical (unpaired) electrons. The van der Waals surface area contributed by atoms with Crippen molar-refractivity contribution in [2.75, 3.05) is 13.2 Å². The number of nitrogens with zero attached hydrogens (tertiary/aromatic N) is 3. The van der Waals surface area contributed by atoms with E-state index in [1.165, 1.54) is 16.7 Å². The highest BCUT2D eigenvalue weighted by Crippen LogP contribution is 2.20. The highest BCUT2D eigenvalue weighted by Gasteiger charge is 2.29. The third-order valence-corrected chi connectivity index (χ3v) is 4.97. The monoisotopic (exact) mass is 307 g/mol. The van der Waals surface area contributed by atoms with Crippen LogP contribution in [-0.2, 0) is 10.0 Å². The fourth-order valence-electron chi connectivity index (χ4n) is 1.86. The summed E-state index contributed by atoms with van der Waals surface area (Å²) in [5.41, 5.74) is 0. The van der Waals surface area contributed by atoms with Crippen molar-refractivity contribution >= 4 is 21.6 Å². The van der Waals surface area contributed by atoms with E-state index < -0.39 is 10.0 Å². The summed E-state index contributed by atoms with van der Waals surface area (Å²) in [6.45, 7) is 3.64. The maximum atomic E-state index is 12.5. The van der Waals surface area contributed by atoms with Gasteiger partial charge >= 0.3 is 0 Å². The van der Waals surface area contributed by atoms with Gasteiger partial charge in [0.05, 0.1) is 19.0 Å². The summed E-state index contributed by atoms with van der Waals surface area (Å²) in [5, 5.41) is 9.07. The summed E-state index contributed by atoms with van der Waals surface area (Å²) in [6, 6.07) is -0.159. The lowest BCUT2D eigenvalue weighted by molar-refractivity contribution is 0.219. The number of hydrogen-bond acceptors (Lipinski definition) is 5. The Labute approximate surface area is 118 Å². The maximum absolute atomic E-state index is 12.5. The van der Waals surface area contributed by atoms with Crippen molar-refractivity contribution in [3.05, 3.63) is 17.7 Å². The van der Waals surface area contributed by atoms with E-state index in [1.54, 1.807) is 0 Å². The summed E-state index contributed by atoms with van der Waals surface area (Å²) in [4.78, 5) is 7.35. The Morgan fingerprint density at radius 1 is 1.32 bits per heavy atom. The third-order valence-electron chi connectivity index (χ3n) is 2.87. The molecule has 0 atom stereocenters.